The van der Waals surface area contributed by atoms with Crippen molar-refractivity contribution in [2.75, 3.05) is 7.11 Å². The van der Waals surface area contributed by atoms with Gasteiger partial charge in [-0.05, 0) is 49.1 Å². The van der Waals surface area contributed by atoms with Crippen LogP contribution in [0.25, 0.3) is 0 Å². The lowest BCUT2D eigenvalue weighted by Crippen LogP contribution is -2.29. The molecule has 0 saturated heterocycles. The molecule has 0 radical (unpaired) electrons. The minimum atomic E-state index is -3.60. The number of ether oxygens (including phenoxy) is 1. The standard InChI is InChI=1S/C18H23NO3S/c1-5-16(15-9-7-6-8-10-15)19-23(20,21)18-12-11-17(22-4)13(2)14(18)3/h6-12,16,19H,5H2,1-4H3/t16-/m0/s1. The molecule has 0 heterocycles. The number of methoxy groups -OCH3 is 1. The van der Waals surface area contributed by atoms with Gasteiger partial charge in [0.1, 0.15) is 5.75 Å². The van der Waals surface area contributed by atoms with Crippen molar-refractivity contribution < 1.29 is 13.2 Å². The third-order valence-electron chi connectivity index (χ3n) is 4.10. The molecule has 0 aliphatic rings. The van der Waals surface area contributed by atoms with Crippen molar-refractivity contribution in [3.05, 3.63) is 59.2 Å². The van der Waals surface area contributed by atoms with Crippen molar-refractivity contribution in [3.63, 3.8) is 0 Å². The van der Waals surface area contributed by atoms with Gasteiger partial charge in [-0.2, -0.15) is 0 Å². The minimum Gasteiger partial charge on any atom is -0.496 e. The lowest BCUT2D eigenvalue weighted by atomic mass is 10.1. The van der Waals surface area contributed by atoms with Crippen LogP contribution in [-0.2, 0) is 10.0 Å². The van der Waals surface area contributed by atoms with E-state index in [9.17, 15) is 8.42 Å². The first-order chi connectivity index (χ1) is 10.9. The number of sulfonamides is 1. The molecule has 0 aromatic heterocycles. The molecular formula is C18H23NO3S. The Hall–Kier alpha value is -1.85. The Labute approximate surface area is 138 Å². The molecule has 0 fully saturated rings. The van der Waals surface area contributed by atoms with Crippen LogP contribution in [-0.4, -0.2) is 15.5 Å². The third-order valence-corrected chi connectivity index (χ3v) is 5.72. The molecular weight excluding hydrogens is 310 g/mol. The maximum Gasteiger partial charge on any atom is 0.241 e. The number of hydrogen-bond acceptors (Lipinski definition) is 3. The molecule has 2 aromatic rings. The zero-order chi connectivity index (χ0) is 17.0. The summed E-state index contributed by atoms with van der Waals surface area (Å²) in [5, 5.41) is 0. The Bertz CT molecular complexity index is 770. The highest BCUT2D eigenvalue weighted by Gasteiger charge is 2.23. The Balaban J connectivity index is 2.37. The van der Waals surface area contributed by atoms with E-state index in [2.05, 4.69) is 4.72 Å². The van der Waals surface area contributed by atoms with E-state index in [-0.39, 0.29) is 6.04 Å². The van der Waals surface area contributed by atoms with Crippen LogP contribution in [0.15, 0.2) is 47.4 Å². The van der Waals surface area contributed by atoms with E-state index in [0.29, 0.717) is 22.6 Å². The molecule has 0 aliphatic heterocycles. The summed E-state index contributed by atoms with van der Waals surface area (Å²) in [6, 6.07) is 12.7. The highest BCUT2D eigenvalue weighted by atomic mass is 32.2. The molecule has 0 spiro atoms. The zero-order valence-electron chi connectivity index (χ0n) is 14.0. The highest BCUT2D eigenvalue weighted by Crippen LogP contribution is 2.28. The van der Waals surface area contributed by atoms with E-state index in [0.717, 1.165) is 11.1 Å². The molecule has 0 bridgehead atoms. The Morgan fingerprint density at radius 1 is 1.04 bits per heavy atom. The largest absolute Gasteiger partial charge is 0.496 e. The first-order valence-corrected chi connectivity index (χ1v) is 9.10. The molecule has 0 saturated carbocycles. The Kier molecular flexibility index (Phi) is 5.44. The number of benzene rings is 2. The first-order valence-electron chi connectivity index (χ1n) is 7.62. The third kappa shape index (κ3) is 3.74. The predicted molar refractivity (Wildman–Crippen MR) is 92.3 cm³/mol. The molecule has 0 unspecified atom stereocenters. The zero-order valence-corrected chi connectivity index (χ0v) is 14.8. The molecule has 124 valence electrons. The molecule has 1 N–H and O–H groups in total. The van der Waals surface area contributed by atoms with Gasteiger partial charge in [-0.1, -0.05) is 37.3 Å². The van der Waals surface area contributed by atoms with Gasteiger partial charge in [0.05, 0.1) is 12.0 Å². The van der Waals surface area contributed by atoms with Crippen LogP contribution in [0.3, 0.4) is 0 Å². The van der Waals surface area contributed by atoms with Gasteiger partial charge in [0.25, 0.3) is 0 Å². The van der Waals surface area contributed by atoms with Crippen LogP contribution < -0.4 is 9.46 Å². The van der Waals surface area contributed by atoms with Crippen LogP contribution in [0.1, 0.15) is 36.1 Å². The fourth-order valence-corrected chi connectivity index (χ4v) is 4.21. The SMILES string of the molecule is CC[C@H](NS(=O)(=O)c1ccc(OC)c(C)c1C)c1ccccc1. The van der Waals surface area contributed by atoms with Gasteiger partial charge in [0, 0.05) is 6.04 Å². The second-order valence-electron chi connectivity index (χ2n) is 5.51. The van der Waals surface area contributed by atoms with E-state index in [1.807, 2.05) is 44.2 Å². The van der Waals surface area contributed by atoms with Crippen LogP contribution in [0.4, 0.5) is 0 Å². The lowest BCUT2D eigenvalue weighted by Gasteiger charge is -2.19. The topological polar surface area (TPSA) is 55.4 Å². The van der Waals surface area contributed by atoms with E-state index in [1.54, 1.807) is 26.2 Å². The average Bonchev–Trinajstić information content (AvgIpc) is 2.55. The van der Waals surface area contributed by atoms with Crippen LogP contribution in [0.5, 0.6) is 5.75 Å². The smallest absolute Gasteiger partial charge is 0.241 e. The summed E-state index contributed by atoms with van der Waals surface area (Å²) in [7, 11) is -2.02. The monoisotopic (exact) mass is 333 g/mol. The van der Waals surface area contributed by atoms with Crippen molar-refractivity contribution in [1.29, 1.82) is 0 Å². The summed E-state index contributed by atoms with van der Waals surface area (Å²) in [5.41, 5.74) is 2.50. The Morgan fingerprint density at radius 3 is 2.26 bits per heavy atom. The normalized spacial score (nSPS) is 12.9. The average molecular weight is 333 g/mol. The first kappa shape index (κ1) is 17.5. The summed E-state index contributed by atoms with van der Waals surface area (Å²) in [6.07, 6.45) is 0.678. The van der Waals surface area contributed by atoms with Crippen molar-refractivity contribution in [1.82, 2.24) is 4.72 Å². The molecule has 5 heteroatoms. The van der Waals surface area contributed by atoms with Crippen LogP contribution in [0, 0.1) is 13.8 Å². The van der Waals surface area contributed by atoms with Crippen molar-refractivity contribution in [2.24, 2.45) is 0 Å². The summed E-state index contributed by atoms with van der Waals surface area (Å²) >= 11 is 0. The van der Waals surface area contributed by atoms with Crippen molar-refractivity contribution >= 4 is 10.0 Å². The number of hydrogen-bond donors (Lipinski definition) is 1. The Morgan fingerprint density at radius 2 is 1.70 bits per heavy atom. The van der Waals surface area contributed by atoms with Gasteiger partial charge in [0.2, 0.25) is 10.0 Å². The maximum absolute atomic E-state index is 12.8. The second kappa shape index (κ2) is 7.15. The summed E-state index contributed by atoms with van der Waals surface area (Å²) in [5.74, 6) is 0.691. The molecule has 4 nitrogen and oxygen atoms in total. The van der Waals surface area contributed by atoms with E-state index in [4.69, 9.17) is 4.74 Å². The van der Waals surface area contributed by atoms with Crippen LogP contribution >= 0.6 is 0 Å². The number of rotatable bonds is 6. The molecule has 2 rings (SSSR count). The van der Waals surface area contributed by atoms with Gasteiger partial charge in [-0.25, -0.2) is 13.1 Å². The summed E-state index contributed by atoms with van der Waals surface area (Å²) < 4.78 is 33.7. The van der Waals surface area contributed by atoms with E-state index >= 15 is 0 Å². The lowest BCUT2D eigenvalue weighted by molar-refractivity contribution is 0.410. The van der Waals surface area contributed by atoms with Gasteiger partial charge in [-0.3, -0.25) is 0 Å². The number of nitrogens with one attached hydrogen (secondary N) is 1. The maximum atomic E-state index is 12.8. The van der Waals surface area contributed by atoms with Crippen molar-refractivity contribution in [2.45, 2.75) is 38.1 Å². The summed E-state index contributed by atoms with van der Waals surface area (Å²) in [4.78, 5) is 0.296. The van der Waals surface area contributed by atoms with Crippen LogP contribution in [0.2, 0.25) is 0 Å². The highest BCUT2D eigenvalue weighted by molar-refractivity contribution is 7.89. The quantitative estimate of drug-likeness (QED) is 0.876. The fraction of sp³-hybridized carbons (Fsp3) is 0.333. The summed E-state index contributed by atoms with van der Waals surface area (Å²) in [6.45, 7) is 5.63. The molecule has 2 aromatic carbocycles. The van der Waals surface area contributed by atoms with Gasteiger partial charge in [0.15, 0.2) is 0 Å². The van der Waals surface area contributed by atoms with Gasteiger partial charge in [-0.15, -0.1) is 0 Å². The predicted octanol–water partition coefficient (Wildman–Crippen LogP) is 3.74. The molecule has 1 atom stereocenters. The van der Waals surface area contributed by atoms with Gasteiger partial charge < -0.3 is 4.74 Å². The molecule has 0 aliphatic carbocycles. The molecule has 0 amide bonds. The second-order valence-corrected chi connectivity index (χ2v) is 7.19. The van der Waals surface area contributed by atoms with Gasteiger partial charge >= 0.3 is 0 Å². The van der Waals surface area contributed by atoms with E-state index < -0.39 is 10.0 Å². The minimum absolute atomic E-state index is 0.247. The fourth-order valence-electron chi connectivity index (χ4n) is 2.61. The molecule has 23 heavy (non-hydrogen) atoms. The van der Waals surface area contributed by atoms with Crippen molar-refractivity contribution in [3.8, 4) is 5.75 Å². The van der Waals surface area contributed by atoms with E-state index in [1.165, 1.54) is 0 Å².